The number of carbonyl (C=O) groups is 3. The van der Waals surface area contributed by atoms with E-state index in [1.807, 2.05) is 0 Å². The van der Waals surface area contributed by atoms with Crippen LogP contribution in [0.5, 0.6) is 11.5 Å². The van der Waals surface area contributed by atoms with E-state index in [4.69, 9.17) is 18.9 Å². The largest absolute Gasteiger partial charge is 0.497 e. The number of aromatic nitrogens is 1. The first-order valence-electron chi connectivity index (χ1n) is 21.1. The number of nitrogens with one attached hydrogen (secondary N) is 3. The molecule has 2 aliphatic heterocycles. The third-order valence-corrected chi connectivity index (χ3v) is 14.5. The number of sulfonamides is 1. The molecule has 4 aliphatic rings. The van der Waals surface area contributed by atoms with Crippen LogP contribution in [0.25, 0.3) is 10.9 Å². The molecule has 6 atom stereocenters. The lowest BCUT2D eigenvalue weighted by Gasteiger charge is -2.47. The molecule has 4 N–H and O–H groups in total. The van der Waals surface area contributed by atoms with E-state index in [9.17, 15) is 41.1 Å². The van der Waals surface area contributed by atoms with E-state index >= 15 is 0 Å². The van der Waals surface area contributed by atoms with E-state index in [2.05, 4.69) is 33.5 Å². The number of amides is 3. The first-order valence-corrected chi connectivity index (χ1v) is 22.6. The predicted molar refractivity (Wildman–Crippen MR) is 227 cm³/mol. The van der Waals surface area contributed by atoms with Crippen molar-refractivity contribution in [3.8, 4) is 11.5 Å². The maximum Gasteiger partial charge on any atom is 0.437 e. The van der Waals surface area contributed by atoms with Crippen molar-refractivity contribution < 1.29 is 60.0 Å². The number of aryl methyl sites for hydroxylation is 1. The van der Waals surface area contributed by atoms with Gasteiger partial charge in [0, 0.05) is 30.4 Å². The molecule has 2 aliphatic carbocycles. The minimum absolute atomic E-state index is 0.0405. The van der Waals surface area contributed by atoms with Gasteiger partial charge >= 0.3 is 12.3 Å². The molecule has 1 aromatic carbocycles. The van der Waals surface area contributed by atoms with Crippen LogP contribution in [0.15, 0.2) is 55.7 Å². The van der Waals surface area contributed by atoms with Crippen LogP contribution in [-0.4, -0.2) is 108 Å². The minimum atomic E-state index is -4.95. The number of hydrogen-bond acceptors (Lipinski definition) is 11. The zero-order valence-electron chi connectivity index (χ0n) is 36.3. The smallest absolute Gasteiger partial charge is 0.437 e. The Bertz CT molecular complexity index is 2240. The summed E-state index contributed by atoms with van der Waals surface area (Å²) in [6.45, 7) is 12.0. The van der Waals surface area contributed by atoms with Crippen molar-refractivity contribution in [2.45, 2.75) is 131 Å². The highest BCUT2D eigenvalue weighted by molar-refractivity contribution is 7.91. The first kappa shape index (κ1) is 47.8. The lowest BCUT2D eigenvalue weighted by molar-refractivity contribution is -0.144. The highest BCUT2D eigenvalue weighted by Crippen LogP contribution is 2.49. The number of alkyl halides is 3. The highest BCUT2D eigenvalue weighted by Gasteiger charge is 2.60. The molecule has 1 saturated heterocycles. The number of allylic oxidation sites excluding steroid dienone is 1. The van der Waals surface area contributed by atoms with Crippen molar-refractivity contribution in [3.63, 3.8) is 0 Å². The number of methoxy groups -OCH3 is 2. The fourth-order valence-electron chi connectivity index (χ4n) is 8.69. The van der Waals surface area contributed by atoms with Gasteiger partial charge < -0.3 is 39.6 Å². The molecule has 0 radical (unpaired) electrons. The molecule has 63 heavy (non-hydrogen) atoms. The summed E-state index contributed by atoms with van der Waals surface area (Å²) in [6, 6.07) is 1.82. The number of aliphatic hydroxyl groups is 1. The second-order valence-electron chi connectivity index (χ2n) is 17.9. The van der Waals surface area contributed by atoms with Crippen molar-refractivity contribution in [2.75, 3.05) is 27.4 Å². The number of benzene rings is 1. The van der Waals surface area contributed by atoms with Crippen LogP contribution >= 0.6 is 0 Å². The summed E-state index contributed by atoms with van der Waals surface area (Å²) >= 11 is 0. The molecular formula is C44H58F3N5O10S. The molecule has 1 spiro atoms. The lowest BCUT2D eigenvalue weighted by atomic mass is 9.72. The zero-order chi connectivity index (χ0) is 46.2. The molecule has 1 aromatic heterocycles. The van der Waals surface area contributed by atoms with Crippen LogP contribution in [0.4, 0.5) is 18.0 Å². The fourth-order valence-corrected chi connectivity index (χ4v) is 10.3. The Balaban J connectivity index is 1.39. The molecule has 0 bridgehead atoms. The summed E-state index contributed by atoms with van der Waals surface area (Å²) < 4.78 is 95.2. The first-order chi connectivity index (χ1) is 29.6. The van der Waals surface area contributed by atoms with Gasteiger partial charge in [-0.05, 0) is 83.9 Å². The van der Waals surface area contributed by atoms with Gasteiger partial charge in [0.1, 0.15) is 45.5 Å². The number of pyridine rings is 1. The van der Waals surface area contributed by atoms with Gasteiger partial charge in [-0.15, -0.1) is 13.2 Å². The van der Waals surface area contributed by atoms with E-state index in [-0.39, 0.29) is 62.8 Å². The van der Waals surface area contributed by atoms with Crippen LogP contribution in [0.2, 0.25) is 0 Å². The Morgan fingerprint density at radius 3 is 2.43 bits per heavy atom. The van der Waals surface area contributed by atoms with Gasteiger partial charge in [-0.3, -0.25) is 9.59 Å². The number of fused-ring (bicyclic) bond motifs is 3. The van der Waals surface area contributed by atoms with Gasteiger partial charge in [0.05, 0.1) is 25.8 Å². The van der Waals surface area contributed by atoms with Crippen molar-refractivity contribution >= 4 is 38.8 Å². The summed E-state index contributed by atoms with van der Waals surface area (Å²) in [7, 11) is -1.42. The summed E-state index contributed by atoms with van der Waals surface area (Å²) in [5, 5.41) is 17.5. The second kappa shape index (κ2) is 18.0. The highest BCUT2D eigenvalue weighted by atomic mass is 32.2. The average Bonchev–Trinajstić information content (AvgIpc) is 3.91. The number of likely N-dealkylation sites (tertiary alicyclic amines) is 1. The lowest BCUT2D eigenvalue weighted by Crippen LogP contribution is -2.70. The number of halogens is 3. The predicted octanol–water partition coefficient (Wildman–Crippen LogP) is 5.60. The minimum Gasteiger partial charge on any atom is -0.497 e. The Labute approximate surface area is 365 Å². The maximum absolute atomic E-state index is 14.9. The summed E-state index contributed by atoms with van der Waals surface area (Å²) in [5.74, 6) is -2.52. The molecule has 3 amide bonds. The van der Waals surface area contributed by atoms with Gasteiger partial charge in [0.25, 0.3) is 0 Å². The molecular weight excluding hydrogens is 848 g/mol. The van der Waals surface area contributed by atoms with Gasteiger partial charge in [0.2, 0.25) is 21.8 Å². The number of rotatable bonds is 18. The standard InChI is InChI=1S/C44H58F3N5O10S/c1-8-10-11-12-13-14-32(49-39(56)62-40(3,4)5)37(54)52-25-41(19-18-29-30-23-28(60-7)15-16-31(30)48-35(34(29)61-41)44(45,46)47)24-33(52)36(53)50-43(20-17-27(43)9-2)38(55)51-63(57,58)42(21-22-42)26-59-6/h8-9,15-17,20,23,27,32-33,38,51,55H,1-2,10-14,18-19,21-22,24-26H2,3-7H3,(H,49,56)(H,50,53)/t27-,32+,33+,38?,41-,43-/m1/s1. The summed E-state index contributed by atoms with van der Waals surface area (Å²) in [5.41, 5.74) is -5.25. The third-order valence-electron chi connectivity index (χ3n) is 12.3. The monoisotopic (exact) mass is 905 g/mol. The molecule has 2 aromatic rings. The van der Waals surface area contributed by atoms with Crippen LogP contribution in [0.3, 0.4) is 0 Å². The molecule has 1 unspecified atom stereocenters. The molecule has 6 rings (SSSR count). The molecule has 346 valence electrons. The van der Waals surface area contributed by atoms with Crippen molar-refractivity contribution in [1.82, 2.24) is 25.2 Å². The van der Waals surface area contributed by atoms with E-state index in [1.54, 1.807) is 39.0 Å². The van der Waals surface area contributed by atoms with Gasteiger partial charge in [-0.2, -0.15) is 17.9 Å². The second-order valence-corrected chi connectivity index (χ2v) is 20.0. The van der Waals surface area contributed by atoms with E-state index in [1.165, 1.54) is 43.4 Å². The van der Waals surface area contributed by atoms with Crippen LogP contribution in [0, 0.1) is 5.92 Å². The molecule has 2 fully saturated rings. The van der Waals surface area contributed by atoms with Crippen molar-refractivity contribution in [2.24, 2.45) is 5.92 Å². The van der Waals surface area contributed by atoms with Crippen molar-refractivity contribution in [1.29, 1.82) is 0 Å². The van der Waals surface area contributed by atoms with E-state index < -0.39 is 91.3 Å². The number of hydrogen-bond donors (Lipinski definition) is 4. The van der Waals surface area contributed by atoms with Crippen molar-refractivity contribution in [3.05, 3.63) is 66.9 Å². The van der Waals surface area contributed by atoms with Gasteiger partial charge in [-0.25, -0.2) is 18.2 Å². The zero-order valence-corrected chi connectivity index (χ0v) is 37.1. The quantitative estimate of drug-likeness (QED) is 0.0827. The van der Waals surface area contributed by atoms with E-state index in [0.717, 1.165) is 12.8 Å². The Morgan fingerprint density at radius 2 is 1.84 bits per heavy atom. The van der Waals surface area contributed by atoms with Crippen LogP contribution in [0.1, 0.15) is 89.8 Å². The number of unbranched alkanes of at least 4 members (excludes halogenated alkanes) is 3. The maximum atomic E-state index is 14.9. The summed E-state index contributed by atoms with van der Waals surface area (Å²) in [6.07, 6.45) is 1.56. The Kier molecular flexibility index (Phi) is 13.7. The molecule has 1 saturated carbocycles. The normalized spacial score (nSPS) is 24.7. The van der Waals surface area contributed by atoms with Crippen LogP contribution in [-0.2, 0) is 41.7 Å². The fraction of sp³-hybridized carbons (Fsp3) is 0.591. The number of nitrogens with zero attached hydrogens (tertiary/aromatic N) is 2. The Morgan fingerprint density at radius 1 is 1.11 bits per heavy atom. The van der Waals surface area contributed by atoms with E-state index in [0.29, 0.717) is 24.0 Å². The van der Waals surface area contributed by atoms with Crippen LogP contribution < -0.4 is 24.8 Å². The molecule has 19 heteroatoms. The number of aliphatic hydroxyl groups excluding tert-OH is 1. The molecule has 3 heterocycles. The number of carbonyl (C=O) groups excluding carboxylic acids is 3. The Hall–Kier alpha value is -4.72. The van der Waals surface area contributed by atoms with Gasteiger partial charge in [0.15, 0.2) is 11.4 Å². The topological polar surface area (TPSA) is 195 Å². The number of alkyl carbamates (subject to hydrolysis) is 1. The average molecular weight is 906 g/mol. The SMILES string of the molecule is C=CCCCCC[C@H](NC(=O)OC(C)(C)C)C(=O)N1C[C@@]2(CCc3c(c(C(F)(F)F)nc4ccc(OC)cc34)O2)C[C@H]1C(=O)N[C@]1(C(O)NS(=O)(=O)C2(COC)CC2)C=C[C@H]1C=C. The molecule has 15 nitrogen and oxygen atoms in total. The summed E-state index contributed by atoms with van der Waals surface area (Å²) in [4.78, 5) is 48.1. The van der Waals surface area contributed by atoms with Gasteiger partial charge in [-0.1, -0.05) is 37.1 Å². The third kappa shape index (κ3) is 9.85. The number of ether oxygens (including phenoxy) is 4.